The van der Waals surface area contributed by atoms with Crippen LogP contribution in [0.3, 0.4) is 0 Å². The zero-order valence-corrected chi connectivity index (χ0v) is 18.1. The number of sulfonamides is 1. The quantitative estimate of drug-likeness (QED) is 0.477. The minimum Gasteiger partial charge on any atom is -0.379 e. The first-order chi connectivity index (χ1) is 13.5. The van der Waals surface area contributed by atoms with Gasteiger partial charge in [-0.3, -0.25) is 4.99 Å². The molecule has 1 aromatic rings. The van der Waals surface area contributed by atoms with E-state index in [0.717, 1.165) is 19.4 Å². The van der Waals surface area contributed by atoms with Crippen LogP contribution in [0.5, 0.6) is 0 Å². The SMILES string of the molecule is CCC(CC)(CNC(=NC)NCCS(=O)(=O)N1CCOCC1)c1ccccc1. The summed E-state index contributed by atoms with van der Waals surface area (Å²) < 4.78 is 31.6. The molecule has 2 N–H and O–H groups in total. The average Bonchev–Trinajstić information content (AvgIpc) is 2.74. The van der Waals surface area contributed by atoms with E-state index in [1.807, 2.05) is 6.07 Å². The Balaban J connectivity index is 1.89. The Morgan fingerprint density at radius 1 is 1.14 bits per heavy atom. The summed E-state index contributed by atoms with van der Waals surface area (Å²) in [5.74, 6) is 0.665. The Labute approximate surface area is 169 Å². The van der Waals surface area contributed by atoms with Gasteiger partial charge >= 0.3 is 0 Å². The third-order valence-electron chi connectivity index (χ3n) is 5.57. The van der Waals surface area contributed by atoms with Gasteiger partial charge in [0.05, 0.1) is 19.0 Å². The fraction of sp³-hybridized carbons (Fsp3) is 0.650. The van der Waals surface area contributed by atoms with Crippen LogP contribution in [0.25, 0.3) is 0 Å². The second-order valence-corrected chi connectivity index (χ2v) is 9.12. The maximum Gasteiger partial charge on any atom is 0.215 e. The third-order valence-corrected chi connectivity index (χ3v) is 7.45. The van der Waals surface area contributed by atoms with Gasteiger partial charge in [-0.1, -0.05) is 44.2 Å². The number of rotatable bonds is 9. The van der Waals surface area contributed by atoms with Gasteiger partial charge in [0.15, 0.2) is 5.96 Å². The fourth-order valence-corrected chi connectivity index (χ4v) is 4.85. The molecule has 7 nitrogen and oxygen atoms in total. The molecule has 2 rings (SSSR count). The molecule has 28 heavy (non-hydrogen) atoms. The predicted molar refractivity (Wildman–Crippen MR) is 114 cm³/mol. The number of hydrogen-bond acceptors (Lipinski definition) is 4. The standard InChI is InChI=1S/C20H34N4O3S/c1-4-20(5-2,18-9-7-6-8-10-18)17-23-19(21-3)22-11-16-28(25,26)24-12-14-27-15-13-24/h6-10H,4-5,11-17H2,1-3H3,(H2,21,22,23). The zero-order valence-electron chi connectivity index (χ0n) is 17.3. The van der Waals surface area contributed by atoms with Crippen LogP contribution in [-0.4, -0.2) is 70.9 Å². The summed E-state index contributed by atoms with van der Waals surface area (Å²) in [7, 11) is -1.57. The van der Waals surface area contributed by atoms with E-state index in [9.17, 15) is 8.42 Å². The first-order valence-electron chi connectivity index (χ1n) is 10.0. The fourth-order valence-electron chi connectivity index (χ4n) is 3.53. The molecule has 1 saturated heterocycles. The number of benzene rings is 1. The van der Waals surface area contributed by atoms with Gasteiger partial charge in [-0.25, -0.2) is 8.42 Å². The molecule has 1 heterocycles. The van der Waals surface area contributed by atoms with Crippen molar-refractivity contribution < 1.29 is 13.2 Å². The Morgan fingerprint density at radius 3 is 2.36 bits per heavy atom. The minimum atomic E-state index is -3.27. The first-order valence-corrected chi connectivity index (χ1v) is 11.6. The number of nitrogens with zero attached hydrogens (tertiary/aromatic N) is 2. The lowest BCUT2D eigenvalue weighted by atomic mass is 9.76. The molecule has 1 aromatic carbocycles. The lowest BCUT2D eigenvalue weighted by Gasteiger charge is -2.33. The van der Waals surface area contributed by atoms with Crippen molar-refractivity contribution in [3.63, 3.8) is 0 Å². The van der Waals surface area contributed by atoms with Gasteiger partial charge in [-0.2, -0.15) is 4.31 Å². The van der Waals surface area contributed by atoms with Gasteiger partial charge in [0.1, 0.15) is 0 Å². The minimum absolute atomic E-state index is 0.0127. The largest absolute Gasteiger partial charge is 0.379 e. The number of aliphatic imine (C=N–C) groups is 1. The van der Waals surface area contributed by atoms with Crippen LogP contribution in [0.1, 0.15) is 32.3 Å². The molecule has 0 spiro atoms. The molecule has 0 amide bonds. The number of ether oxygens (including phenoxy) is 1. The molecule has 1 fully saturated rings. The number of guanidine groups is 1. The molecule has 0 atom stereocenters. The van der Waals surface area contributed by atoms with Crippen molar-refractivity contribution in [2.24, 2.45) is 4.99 Å². The number of nitrogens with one attached hydrogen (secondary N) is 2. The summed E-state index contributed by atoms with van der Waals surface area (Å²) in [5.41, 5.74) is 1.32. The van der Waals surface area contributed by atoms with E-state index in [4.69, 9.17) is 4.74 Å². The van der Waals surface area contributed by atoms with Gasteiger partial charge < -0.3 is 15.4 Å². The molecule has 0 radical (unpaired) electrons. The average molecular weight is 411 g/mol. The van der Waals surface area contributed by atoms with E-state index in [2.05, 4.69) is 53.7 Å². The monoisotopic (exact) mass is 410 g/mol. The van der Waals surface area contributed by atoms with Gasteiger partial charge in [-0.05, 0) is 18.4 Å². The number of morpholine rings is 1. The second kappa shape index (κ2) is 10.8. The molecule has 1 aliphatic rings. The Bertz CT molecular complexity index is 712. The van der Waals surface area contributed by atoms with Crippen molar-refractivity contribution in [2.45, 2.75) is 32.1 Å². The van der Waals surface area contributed by atoms with Gasteiger partial charge in [0.25, 0.3) is 0 Å². The Morgan fingerprint density at radius 2 is 1.79 bits per heavy atom. The molecule has 0 unspecified atom stereocenters. The molecule has 0 bridgehead atoms. The molecule has 0 aliphatic carbocycles. The van der Waals surface area contributed by atoms with Crippen molar-refractivity contribution in [3.05, 3.63) is 35.9 Å². The van der Waals surface area contributed by atoms with Crippen LogP contribution in [0, 0.1) is 0 Å². The van der Waals surface area contributed by atoms with Crippen LogP contribution >= 0.6 is 0 Å². The van der Waals surface area contributed by atoms with Crippen molar-refractivity contribution in [1.29, 1.82) is 0 Å². The highest BCUT2D eigenvalue weighted by atomic mass is 32.2. The van der Waals surface area contributed by atoms with Crippen molar-refractivity contribution in [1.82, 2.24) is 14.9 Å². The lowest BCUT2D eigenvalue weighted by molar-refractivity contribution is 0.0730. The highest BCUT2D eigenvalue weighted by Gasteiger charge is 2.28. The summed E-state index contributed by atoms with van der Waals surface area (Å²) >= 11 is 0. The Hall–Kier alpha value is -1.64. The molecule has 1 aliphatic heterocycles. The van der Waals surface area contributed by atoms with Crippen molar-refractivity contribution in [2.75, 3.05) is 52.2 Å². The summed E-state index contributed by atoms with van der Waals surface area (Å²) in [5, 5.41) is 6.53. The third kappa shape index (κ3) is 5.93. The lowest BCUT2D eigenvalue weighted by Crippen LogP contribution is -2.48. The van der Waals surface area contributed by atoms with E-state index in [-0.39, 0.29) is 11.2 Å². The molecule has 0 aromatic heterocycles. The van der Waals surface area contributed by atoms with Crippen LogP contribution < -0.4 is 10.6 Å². The van der Waals surface area contributed by atoms with Crippen LogP contribution in [0.4, 0.5) is 0 Å². The number of hydrogen-bond donors (Lipinski definition) is 2. The predicted octanol–water partition coefficient (Wildman–Crippen LogP) is 1.57. The van der Waals surface area contributed by atoms with E-state index in [1.165, 1.54) is 9.87 Å². The topological polar surface area (TPSA) is 83.0 Å². The summed E-state index contributed by atoms with van der Waals surface area (Å²) in [6.45, 7) is 7.24. The van der Waals surface area contributed by atoms with Crippen molar-refractivity contribution in [3.8, 4) is 0 Å². The smallest absolute Gasteiger partial charge is 0.215 e. The summed E-state index contributed by atoms with van der Waals surface area (Å²) in [4.78, 5) is 4.25. The summed E-state index contributed by atoms with van der Waals surface area (Å²) in [6.07, 6.45) is 2.01. The molecular weight excluding hydrogens is 376 g/mol. The summed E-state index contributed by atoms with van der Waals surface area (Å²) in [6, 6.07) is 10.5. The van der Waals surface area contributed by atoms with Crippen LogP contribution in [0.15, 0.2) is 35.3 Å². The van der Waals surface area contributed by atoms with E-state index in [0.29, 0.717) is 38.8 Å². The zero-order chi connectivity index (χ0) is 20.5. The van der Waals surface area contributed by atoms with E-state index >= 15 is 0 Å². The van der Waals surface area contributed by atoms with Crippen LogP contribution in [-0.2, 0) is 20.2 Å². The molecule has 158 valence electrons. The maximum atomic E-state index is 12.4. The van der Waals surface area contributed by atoms with E-state index < -0.39 is 10.0 Å². The molecule has 0 saturated carbocycles. The van der Waals surface area contributed by atoms with Crippen LogP contribution in [0.2, 0.25) is 0 Å². The second-order valence-electron chi connectivity index (χ2n) is 7.03. The van der Waals surface area contributed by atoms with Gasteiger partial charge in [0, 0.05) is 38.6 Å². The Kier molecular flexibility index (Phi) is 8.72. The van der Waals surface area contributed by atoms with E-state index in [1.54, 1.807) is 7.05 Å². The highest BCUT2D eigenvalue weighted by molar-refractivity contribution is 7.89. The normalized spacial score (nSPS) is 16.8. The molecule has 8 heteroatoms. The van der Waals surface area contributed by atoms with Crippen molar-refractivity contribution >= 4 is 16.0 Å². The maximum absolute atomic E-state index is 12.4. The molecular formula is C20H34N4O3S. The first kappa shape index (κ1) is 22.6. The van der Waals surface area contributed by atoms with Gasteiger partial charge in [0.2, 0.25) is 10.0 Å². The highest BCUT2D eigenvalue weighted by Crippen LogP contribution is 2.30. The van der Waals surface area contributed by atoms with Gasteiger partial charge in [-0.15, -0.1) is 0 Å².